The first kappa shape index (κ1) is 10.4. The summed E-state index contributed by atoms with van der Waals surface area (Å²) in [4.78, 5) is 2.27. The van der Waals surface area contributed by atoms with Gasteiger partial charge in [-0.2, -0.15) is 0 Å². The smallest absolute Gasteiger partial charge is 0.0590 e. The van der Waals surface area contributed by atoms with E-state index in [2.05, 4.69) is 35.7 Å². The third-order valence-electron chi connectivity index (χ3n) is 3.04. The standard InChI is InChI=1S/C13H17NO/c1-2-7-14-9-12-6-4-3-5-11(12)8-13(14)10-15/h2-6,13,15H,1,7-10H2. The van der Waals surface area contributed by atoms with Gasteiger partial charge in [0.1, 0.15) is 0 Å². The summed E-state index contributed by atoms with van der Waals surface area (Å²) in [6, 6.07) is 8.71. The van der Waals surface area contributed by atoms with Crippen LogP contribution in [0.15, 0.2) is 36.9 Å². The van der Waals surface area contributed by atoms with E-state index in [0.29, 0.717) is 0 Å². The molecule has 1 aliphatic heterocycles. The lowest BCUT2D eigenvalue weighted by molar-refractivity contribution is 0.118. The summed E-state index contributed by atoms with van der Waals surface area (Å²) in [5, 5.41) is 9.34. The fourth-order valence-corrected chi connectivity index (χ4v) is 2.20. The van der Waals surface area contributed by atoms with Gasteiger partial charge in [-0.05, 0) is 17.5 Å². The molecule has 0 bridgehead atoms. The van der Waals surface area contributed by atoms with Crippen molar-refractivity contribution in [3.8, 4) is 0 Å². The maximum absolute atomic E-state index is 9.34. The second-order valence-corrected chi connectivity index (χ2v) is 4.03. The van der Waals surface area contributed by atoms with Crippen molar-refractivity contribution in [2.45, 2.75) is 19.0 Å². The molecule has 1 aromatic carbocycles. The van der Waals surface area contributed by atoms with Crippen LogP contribution in [-0.4, -0.2) is 29.2 Å². The number of hydrogen-bond donors (Lipinski definition) is 1. The number of hydrogen-bond acceptors (Lipinski definition) is 2. The summed E-state index contributed by atoms with van der Waals surface area (Å²) in [6.45, 7) is 5.75. The number of benzene rings is 1. The average molecular weight is 203 g/mol. The van der Waals surface area contributed by atoms with E-state index < -0.39 is 0 Å². The van der Waals surface area contributed by atoms with Crippen LogP contribution in [0.5, 0.6) is 0 Å². The molecule has 1 aromatic rings. The van der Waals surface area contributed by atoms with Gasteiger partial charge in [-0.3, -0.25) is 4.90 Å². The number of aliphatic hydroxyl groups excluding tert-OH is 1. The molecule has 0 spiro atoms. The van der Waals surface area contributed by atoms with Gasteiger partial charge in [0.2, 0.25) is 0 Å². The molecule has 2 nitrogen and oxygen atoms in total. The van der Waals surface area contributed by atoms with Crippen LogP contribution in [0.25, 0.3) is 0 Å². The highest BCUT2D eigenvalue weighted by Crippen LogP contribution is 2.22. The van der Waals surface area contributed by atoms with Crippen LogP contribution in [0.1, 0.15) is 11.1 Å². The molecule has 0 aliphatic carbocycles. The topological polar surface area (TPSA) is 23.5 Å². The highest BCUT2D eigenvalue weighted by molar-refractivity contribution is 5.30. The van der Waals surface area contributed by atoms with E-state index in [0.717, 1.165) is 19.5 Å². The Hall–Kier alpha value is -1.12. The molecule has 1 unspecified atom stereocenters. The van der Waals surface area contributed by atoms with E-state index in [1.165, 1.54) is 11.1 Å². The van der Waals surface area contributed by atoms with E-state index in [9.17, 15) is 5.11 Å². The zero-order chi connectivity index (χ0) is 10.7. The quantitative estimate of drug-likeness (QED) is 0.754. The number of fused-ring (bicyclic) bond motifs is 1. The molecule has 80 valence electrons. The Kier molecular flexibility index (Phi) is 3.19. The SMILES string of the molecule is C=CCN1Cc2ccccc2CC1CO. The summed E-state index contributed by atoms with van der Waals surface area (Å²) in [5.74, 6) is 0. The lowest BCUT2D eigenvalue weighted by atomic mass is 9.94. The van der Waals surface area contributed by atoms with Gasteiger partial charge in [0.15, 0.2) is 0 Å². The van der Waals surface area contributed by atoms with Crippen LogP contribution in [0.2, 0.25) is 0 Å². The number of nitrogens with zero attached hydrogens (tertiary/aromatic N) is 1. The van der Waals surface area contributed by atoms with Gasteiger partial charge in [0.25, 0.3) is 0 Å². The van der Waals surface area contributed by atoms with Crippen molar-refractivity contribution in [2.24, 2.45) is 0 Å². The summed E-state index contributed by atoms with van der Waals surface area (Å²) < 4.78 is 0. The van der Waals surface area contributed by atoms with Crippen LogP contribution in [0.3, 0.4) is 0 Å². The van der Waals surface area contributed by atoms with Crippen LogP contribution < -0.4 is 0 Å². The van der Waals surface area contributed by atoms with E-state index in [1.807, 2.05) is 6.08 Å². The summed E-state index contributed by atoms with van der Waals surface area (Å²) in [6.07, 6.45) is 2.84. The van der Waals surface area contributed by atoms with Gasteiger partial charge in [0, 0.05) is 19.1 Å². The largest absolute Gasteiger partial charge is 0.395 e. The Labute approximate surface area is 90.8 Å². The molecule has 0 amide bonds. The molecule has 0 saturated carbocycles. The molecule has 1 atom stereocenters. The van der Waals surface area contributed by atoms with E-state index in [1.54, 1.807) is 0 Å². The zero-order valence-corrected chi connectivity index (χ0v) is 8.89. The number of rotatable bonds is 3. The molecule has 1 heterocycles. The Bertz CT molecular complexity index is 348. The third kappa shape index (κ3) is 2.11. The van der Waals surface area contributed by atoms with Crippen molar-refractivity contribution >= 4 is 0 Å². The molecule has 0 fully saturated rings. The van der Waals surface area contributed by atoms with Crippen LogP contribution in [0.4, 0.5) is 0 Å². The lowest BCUT2D eigenvalue weighted by Gasteiger charge is -2.35. The van der Waals surface area contributed by atoms with Crippen molar-refractivity contribution in [1.29, 1.82) is 0 Å². The minimum atomic E-state index is 0.224. The fraction of sp³-hybridized carbons (Fsp3) is 0.385. The van der Waals surface area contributed by atoms with Crippen molar-refractivity contribution < 1.29 is 5.11 Å². The number of aliphatic hydroxyl groups is 1. The van der Waals surface area contributed by atoms with Crippen LogP contribution in [0, 0.1) is 0 Å². The average Bonchev–Trinajstić information content (AvgIpc) is 2.28. The summed E-state index contributed by atoms with van der Waals surface area (Å²) in [5.41, 5.74) is 2.75. The normalized spacial score (nSPS) is 21.0. The molecule has 2 rings (SSSR count). The summed E-state index contributed by atoms with van der Waals surface area (Å²) in [7, 11) is 0. The maximum atomic E-state index is 9.34. The zero-order valence-electron chi connectivity index (χ0n) is 8.89. The molecule has 2 heteroatoms. The van der Waals surface area contributed by atoms with Gasteiger partial charge in [0.05, 0.1) is 6.61 Å². The van der Waals surface area contributed by atoms with Crippen molar-refractivity contribution in [3.63, 3.8) is 0 Å². The molecule has 0 saturated heterocycles. The first-order valence-corrected chi connectivity index (χ1v) is 5.37. The van der Waals surface area contributed by atoms with Crippen molar-refractivity contribution in [2.75, 3.05) is 13.2 Å². The highest BCUT2D eigenvalue weighted by atomic mass is 16.3. The van der Waals surface area contributed by atoms with Gasteiger partial charge < -0.3 is 5.11 Å². The molecule has 15 heavy (non-hydrogen) atoms. The van der Waals surface area contributed by atoms with Gasteiger partial charge in [-0.1, -0.05) is 30.3 Å². The second-order valence-electron chi connectivity index (χ2n) is 4.03. The minimum Gasteiger partial charge on any atom is -0.395 e. The van der Waals surface area contributed by atoms with Gasteiger partial charge >= 0.3 is 0 Å². The van der Waals surface area contributed by atoms with Gasteiger partial charge in [-0.15, -0.1) is 6.58 Å². The molecular weight excluding hydrogens is 186 g/mol. The van der Waals surface area contributed by atoms with Crippen LogP contribution in [-0.2, 0) is 13.0 Å². The Morgan fingerprint density at radius 2 is 2.13 bits per heavy atom. The van der Waals surface area contributed by atoms with E-state index in [-0.39, 0.29) is 12.6 Å². The van der Waals surface area contributed by atoms with E-state index in [4.69, 9.17) is 0 Å². The summed E-state index contributed by atoms with van der Waals surface area (Å²) >= 11 is 0. The van der Waals surface area contributed by atoms with E-state index >= 15 is 0 Å². The third-order valence-corrected chi connectivity index (χ3v) is 3.04. The fourth-order valence-electron chi connectivity index (χ4n) is 2.20. The van der Waals surface area contributed by atoms with Crippen LogP contribution >= 0.6 is 0 Å². The molecule has 1 N–H and O–H groups in total. The first-order chi connectivity index (χ1) is 7.35. The van der Waals surface area contributed by atoms with Crippen molar-refractivity contribution in [3.05, 3.63) is 48.0 Å². The highest BCUT2D eigenvalue weighted by Gasteiger charge is 2.23. The molecule has 0 aromatic heterocycles. The second kappa shape index (κ2) is 4.60. The Balaban J connectivity index is 2.22. The Morgan fingerprint density at radius 1 is 1.40 bits per heavy atom. The molecule has 1 aliphatic rings. The van der Waals surface area contributed by atoms with Gasteiger partial charge in [-0.25, -0.2) is 0 Å². The molecule has 0 radical (unpaired) electrons. The maximum Gasteiger partial charge on any atom is 0.0590 e. The van der Waals surface area contributed by atoms with Crippen molar-refractivity contribution in [1.82, 2.24) is 4.90 Å². The first-order valence-electron chi connectivity index (χ1n) is 5.37. The Morgan fingerprint density at radius 3 is 2.80 bits per heavy atom. The predicted molar refractivity (Wildman–Crippen MR) is 61.6 cm³/mol. The minimum absolute atomic E-state index is 0.224. The predicted octanol–water partition coefficient (Wildman–Crippen LogP) is 1.59. The monoisotopic (exact) mass is 203 g/mol. The lowest BCUT2D eigenvalue weighted by Crippen LogP contribution is -2.42. The molecular formula is C13H17NO.